The minimum absolute atomic E-state index is 0.296. The van der Waals surface area contributed by atoms with Gasteiger partial charge in [-0.05, 0) is 29.8 Å². The van der Waals surface area contributed by atoms with E-state index < -0.39 is 5.09 Å². The molecule has 0 saturated carbocycles. The lowest BCUT2D eigenvalue weighted by Crippen LogP contribution is -2.11. The monoisotopic (exact) mass is 443 g/mol. The summed E-state index contributed by atoms with van der Waals surface area (Å²) < 4.78 is 8.09. The molecule has 3 aromatic rings. The number of rotatable bonds is 6. The summed E-state index contributed by atoms with van der Waals surface area (Å²) in [5.41, 5.74) is 1.85. The second kappa shape index (κ2) is 10.9. The Labute approximate surface area is 176 Å². The molecule has 1 N–H and O–H groups in total. The molecule has 0 fully saturated rings. The van der Waals surface area contributed by atoms with Crippen molar-refractivity contribution in [2.75, 3.05) is 6.61 Å². The Balaban J connectivity index is 0.000000640. The average molecular weight is 445 g/mol. The van der Waals surface area contributed by atoms with Gasteiger partial charge in [0, 0.05) is 39.6 Å². The number of aromatic nitrogens is 2. The Bertz CT molecular complexity index is 886. The highest BCUT2D eigenvalue weighted by Gasteiger charge is 2.18. The van der Waals surface area contributed by atoms with E-state index in [1.807, 2.05) is 47.2 Å². The van der Waals surface area contributed by atoms with Crippen LogP contribution in [0.2, 0.25) is 15.1 Å². The number of hydrogen-bond donors (Lipinski definition) is 1. The summed E-state index contributed by atoms with van der Waals surface area (Å²) in [5.74, 6) is 0. The molecule has 2 aromatic carbocycles. The Morgan fingerprint density at radius 1 is 1.14 bits per heavy atom. The fourth-order valence-corrected chi connectivity index (χ4v) is 3.05. The molecule has 0 amide bonds. The van der Waals surface area contributed by atoms with E-state index in [0.717, 1.165) is 11.1 Å². The molecule has 0 spiro atoms. The van der Waals surface area contributed by atoms with Crippen LogP contribution < -0.4 is 0 Å². The molecular formula is C18H16Cl3N3O4. The van der Waals surface area contributed by atoms with Crippen LogP contribution >= 0.6 is 34.8 Å². The average Bonchev–Trinajstić information content (AvgIpc) is 3.13. The number of hydrogen-bond acceptors (Lipinski definition) is 4. The van der Waals surface area contributed by atoms with Crippen LogP contribution in [-0.2, 0) is 11.3 Å². The normalized spacial score (nSPS) is 11.4. The van der Waals surface area contributed by atoms with Gasteiger partial charge in [-0.1, -0.05) is 53.0 Å². The maximum absolute atomic E-state index is 8.36. The van der Waals surface area contributed by atoms with Gasteiger partial charge in [-0.15, -0.1) is 10.1 Å². The molecule has 0 radical (unpaired) electrons. The lowest BCUT2D eigenvalue weighted by Gasteiger charge is -2.20. The first-order valence-electron chi connectivity index (χ1n) is 7.98. The molecule has 0 aliphatic carbocycles. The zero-order valence-electron chi connectivity index (χ0n) is 14.4. The third-order valence-corrected chi connectivity index (χ3v) is 4.43. The minimum Gasteiger partial charge on any atom is -0.367 e. The highest BCUT2D eigenvalue weighted by molar-refractivity contribution is 6.35. The van der Waals surface area contributed by atoms with Gasteiger partial charge >= 0.3 is 0 Å². The van der Waals surface area contributed by atoms with Crippen molar-refractivity contribution in [3.63, 3.8) is 0 Å². The zero-order chi connectivity index (χ0) is 20.5. The molecule has 0 bridgehead atoms. The summed E-state index contributed by atoms with van der Waals surface area (Å²) in [6.07, 6.45) is 5.11. The summed E-state index contributed by atoms with van der Waals surface area (Å²) in [6.45, 7) is 1.22. The van der Waals surface area contributed by atoms with Crippen molar-refractivity contribution in [1.29, 1.82) is 0 Å². The van der Waals surface area contributed by atoms with E-state index in [1.54, 1.807) is 18.6 Å². The summed E-state index contributed by atoms with van der Waals surface area (Å²) >= 11 is 18.4. The SMILES string of the molecule is Clc1ccc(C(OCCn2ccnc2)c2ccc(Cl)cc2Cl)cc1.O=[N+]([O-])O. The van der Waals surface area contributed by atoms with Crippen LogP contribution in [0.3, 0.4) is 0 Å². The topological polar surface area (TPSA) is 90.4 Å². The third kappa shape index (κ3) is 7.01. The van der Waals surface area contributed by atoms with Crippen LogP contribution in [0, 0.1) is 10.1 Å². The highest BCUT2D eigenvalue weighted by atomic mass is 35.5. The Kier molecular flexibility index (Phi) is 8.53. The molecule has 10 heteroatoms. The Morgan fingerprint density at radius 3 is 2.36 bits per heavy atom. The van der Waals surface area contributed by atoms with Gasteiger partial charge in [0.2, 0.25) is 0 Å². The first-order chi connectivity index (χ1) is 13.4. The van der Waals surface area contributed by atoms with Crippen molar-refractivity contribution in [1.82, 2.24) is 9.55 Å². The fraction of sp³-hybridized carbons (Fsp3) is 0.167. The van der Waals surface area contributed by atoms with E-state index in [0.29, 0.717) is 28.2 Å². The highest BCUT2D eigenvalue weighted by Crippen LogP contribution is 2.33. The summed E-state index contributed by atoms with van der Waals surface area (Å²) in [6, 6.07) is 13.0. The minimum atomic E-state index is -1.50. The lowest BCUT2D eigenvalue weighted by molar-refractivity contribution is -0.742. The third-order valence-electron chi connectivity index (χ3n) is 3.61. The van der Waals surface area contributed by atoms with Gasteiger partial charge in [-0.2, -0.15) is 0 Å². The van der Waals surface area contributed by atoms with Crippen LogP contribution in [-0.4, -0.2) is 26.5 Å². The second-order valence-corrected chi connectivity index (χ2v) is 6.79. The maximum Gasteiger partial charge on any atom is 0.291 e. The van der Waals surface area contributed by atoms with Crippen molar-refractivity contribution in [3.05, 3.63) is 97.5 Å². The van der Waals surface area contributed by atoms with E-state index in [1.165, 1.54) is 0 Å². The van der Waals surface area contributed by atoms with Crippen LogP contribution in [0.4, 0.5) is 0 Å². The van der Waals surface area contributed by atoms with E-state index in [9.17, 15) is 0 Å². The molecule has 1 unspecified atom stereocenters. The molecule has 1 heterocycles. The van der Waals surface area contributed by atoms with E-state index in [4.69, 9.17) is 54.9 Å². The summed E-state index contributed by atoms with van der Waals surface area (Å²) in [7, 11) is 0. The summed E-state index contributed by atoms with van der Waals surface area (Å²) in [4.78, 5) is 12.4. The van der Waals surface area contributed by atoms with Gasteiger partial charge in [0.1, 0.15) is 6.10 Å². The molecule has 28 heavy (non-hydrogen) atoms. The van der Waals surface area contributed by atoms with E-state index in [-0.39, 0.29) is 6.10 Å². The van der Waals surface area contributed by atoms with Crippen LogP contribution in [0.1, 0.15) is 17.2 Å². The van der Waals surface area contributed by atoms with E-state index >= 15 is 0 Å². The van der Waals surface area contributed by atoms with Crippen LogP contribution in [0.15, 0.2) is 61.2 Å². The molecular weight excluding hydrogens is 429 g/mol. The van der Waals surface area contributed by atoms with Crippen molar-refractivity contribution < 1.29 is 15.0 Å². The molecule has 0 aliphatic rings. The largest absolute Gasteiger partial charge is 0.367 e. The maximum atomic E-state index is 8.36. The molecule has 0 saturated heterocycles. The fourth-order valence-electron chi connectivity index (χ4n) is 2.41. The van der Waals surface area contributed by atoms with Crippen LogP contribution in [0.25, 0.3) is 0 Å². The van der Waals surface area contributed by atoms with Gasteiger partial charge in [0.25, 0.3) is 5.09 Å². The molecule has 7 nitrogen and oxygen atoms in total. The van der Waals surface area contributed by atoms with Crippen molar-refractivity contribution in [3.8, 4) is 0 Å². The molecule has 1 atom stereocenters. The quantitative estimate of drug-likeness (QED) is 0.411. The first kappa shape index (κ1) is 22.0. The zero-order valence-corrected chi connectivity index (χ0v) is 16.7. The van der Waals surface area contributed by atoms with Crippen molar-refractivity contribution in [2.24, 2.45) is 0 Å². The first-order valence-corrected chi connectivity index (χ1v) is 9.11. The van der Waals surface area contributed by atoms with Gasteiger partial charge in [-0.25, -0.2) is 4.98 Å². The van der Waals surface area contributed by atoms with Crippen molar-refractivity contribution in [2.45, 2.75) is 12.6 Å². The van der Waals surface area contributed by atoms with E-state index in [2.05, 4.69) is 4.98 Å². The predicted octanol–water partition coefficient (Wildman–Crippen LogP) is 5.30. The van der Waals surface area contributed by atoms with Crippen LogP contribution in [0.5, 0.6) is 0 Å². The Morgan fingerprint density at radius 2 is 1.79 bits per heavy atom. The number of nitrogens with zero attached hydrogens (tertiary/aromatic N) is 3. The van der Waals surface area contributed by atoms with Gasteiger partial charge in [-0.3, -0.25) is 0 Å². The number of imidazole rings is 1. The molecule has 1 aromatic heterocycles. The smallest absolute Gasteiger partial charge is 0.291 e. The predicted molar refractivity (Wildman–Crippen MR) is 107 cm³/mol. The number of halogens is 3. The summed E-state index contributed by atoms with van der Waals surface area (Å²) in [5, 5.41) is 15.5. The second-order valence-electron chi connectivity index (χ2n) is 5.51. The molecule has 0 aliphatic heterocycles. The number of benzene rings is 2. The van der Waals surface area contributed by atoms with Crippen molar-refractivity contribution >= 4 is 34.8 Å². The molecule has 3 rings (SSSR count). The number of ether oxygens (including phenoxy) is 1. The molecule has 148 valence electrons. The van der Waals surface area contributed by atoms with Gasteiger partial charge in [0.05, 0.1) is 12.9 Å². The Hall–Kier alpha value is -2.32. The van der Waals surface area contributed by atoms with Gasteiger partial charge < -0.3 is 14.5 Å². The lowest BCUT2D eigenvalue weighted by atomic mass is 10.0. The van der Waals surface area contributed by atoms with Gasteiger partial charge in [0.15, 0.2) is 0 Å². The standard InChI is InChI=1S/C18H15Cl3N2O.HNO3/c19-14-3-1-13(2-4-14)18(16-6-5-15(20)11-17(16)21)24-10-9-23-8-7-22-12-23;2-1(3)4/h1-8,11-12,18H,9-10H2;(H,2,3,4).